The first-order valence-corrected chi connectivity index (χ1v) is 7.30. The number of aliphatic hydroxyl groups is 1. The second-order valence-corrected chi connectivity index (χ2v) is 5.05. The number of hydrogen-bond acceptors (Lipinski definition) is 4. The van der Waals surface area contributed by atoms with Crippen LogP contribution in [0.1, 0.15) is 30.2 Å². The molecule has 1 amide bonds. The molecule has 2 rings (SSSR count). The Labute approximate surface area is 134 Å². The number of aliphatic hydroxyl groups excluding tert-OH is 1. The van der Waals surface area contributed by atoms with E-state index < -0.39 is 24.0 Å². The molecule has 0 spiro atoms. The maximum absolute atomic E-state index is 12.5. The molecule has 2 aromatic carbocycles. The second-order valence-electron chi connectivity index (χ2n) is 5.05. The van der Waals surface area contributed by atoms with Gasteiger partial charge in [-0.1, -0.05) is 60.7 Å². The van der Waals surface area contributed by atoms with Gasteiger partial charge in [0.25, 0.3) is 5.91 Å². The van der Waals surface area contributed by atoms with Crippen LogP contribution in [0.4, 0.5) is 0 Å². The van der Waals surface area contributed by atoms with E-state index in [-0.39, 0.29) is 6.61 Å². The number of carbonyl (C=O) groups excluding carboxylic acids is 2. The van der Waals surface area contributed by atoms with E-state index in [0.717, 1.165) is 5.56 Å². The van der Waals surface area contributed by atoms with Crippen LogP contribution in [-0.4, -0.2) is 23.6 Å². The molecule has 120 valence electrons. The Morgan fingerprint density at radius 3 is 2.00 bits per heavy atom. The van der Waals surface area contributed by atoms with E-state index in [0.29, 0.717) is 5.56 Å². The van der Waals surface area contributed by atoms with Crippen molar-refractivity contribution < 1.29 is 19.4 Å². The van der Waals surface area contributed by atoms with E-state index in [4.69, 9.17) is 4.74 Å². The number of ether oxygens (including phenoxy) is 1. The number of amides is 1. The lowest BCUT2D eigenvalue weighted by atomic mass is 10.1. The van der Waals surface area contributed by atoms with Crippen LogP contribution in [0.25, 0.3) is 0 Å². The molecule has 2 N–H and O–H groups in total. The van der Waals surface area contributed by atoms with Crippen LogP contribution in [0.15, 0.2) is 60.7 Å². The third kappa shape index (κ3) is 4.66. The van der Waals surface area contributed by atoms with Crippen molar-refractivity contribution in [2.45, 2.75) is 19.1 Å². The fourth-order valence-electron chi connectivity index (χ4n) is 2.23. The summed E-state index contributed by atoms with van der Waals surface area (Å²) in [6, 6.07) is 17.3. The number of nitrogens with one attached hydrogen (secondary N) is 1. The zero-order valence-corrected chi connectivity index (χ0v) is 12.8. The minimum atomic E-state index is -1.05. The second kappa shape index (κ2) is 8.10. The zero-order valence-electron chi connectivity index (χ0n) is 12.8. The van der Waals surface area contributed by atoms with Gasteiger partial charge in [-0.3, -0.25) is 9.59 Å². The van der Waals surface area contributed by atoms with Crippen molar-refractivity contribution in [3.63, 3.8) is 0 Å². The van der Waals surface area contributed by atoms with Crippen LogP contribution in [0.3, 0.4) is 0 Å². The summed E-state index contributed by atoms with van der Waals surface area (Å²) in [4.78, 5) is 23.8. The van der Waals surface area contributed by atoms with Gasteiger partial charge < -0.3 is 15.2 Å². The summed E-state index contributed by atoms with van der Waals surface area (Å²) in [5.74, 6) is -1.02. The SMILES string of the molecule is CC(=O)O[C@H](C(=O)N[C@@H](CO)c1ccccc1)c1ccccc1. The minimum Gasteiger partial charge on any atom is -0.447 e. The first kappa shape index (κ1) is 16.7. The highest BCUT2D eigenvalue weighted by molar-refractivity contribution is 5.85. The van der Waals surface area contributed by atoms with Crippen molar-refractivity contribution in [3.05, 3.63) is 71.8 Å². The van der Waals surface area contributed by atoms with E-state index in [1.54, 1.807) is 24.3 Å². The van der Waals surface area contributed by atoms with Crippen LogP contribution in [0.5, 0.6) is 0 Å². The lowest BCUT2D eigenvalue weighted by Crippen LogP contribution is -2.36. The summed E-state index contributed by atoms with van der Waals surface area (Å²) in [7, 11) is 0. The molecule has 0 aromatic heterocycles. The zero-order chi connectivity index (χ0) is 16.7. The summed E-state index contributed by atoms with van der Waals surface area (Å²) in [6.45, 7) is 1.00. The summed E-state index contributed by atoms with van der Waals surface area (Å²) >= 11 is 0. The van der Waals surface area contributed by atoms with Crippen LogP contribution >= 0.6 is 0 Å². The molecule has 0 aliphatic heterocycles. The van der Waals surface area contributed by atoms with Crippen molar-refractivity contribution in [2.24, 2.45) is 0 Å². The highest BCUT2D eigenvalue weighted by Gasteiger charge is 2.26. The van der Waals surface area contributed by atoms with E-state index in [1.165, 1.54) is 6.92 Å². The molecular weight excluding hydrogens is 294 g/mol. The van der Waals surface area contributed by atoms with Crippen LogP contribution < -0.4 is 5.32 Å². The van der Waals surface area contributed by atoms with Crippen LogP contribution in [0, 0.1) is 0 Å². The lowest BCUT2D eigenvalue weighted by molar-refractivity contribution is -0.154. The summed E-state index contributed by atoms with van der Waals surface area (Å²) in [5, 5.41) is 12.3. The first-order valence-electron chi connectivity index (χ1n) is 7.30. The molecule has 0 aliphatic rings. The van der Waals surface area contributed by atoms with E-state index in [2.05, 4.69) is 5.32 Å². The molecule has 0 aliphatic carbocycles. The third-order valence-corrected chi connectivity index (χ3v) is 3.33. The van der Waals surface area contributed by atoms with Crippen molar-refractivity contribution in [1.82, 2.24) is 5.32 Å². The Morgan fingerprint density at radius 2 is 1.52 bits per heavy atom. The van der Waals surface area contributed by atoms with Gasteiger partial charge in [0.15, 0.2) is 0 Å². The molecule has 0 bridgehead atoms. The van der Waals surface area contributed by atoms with Crippen molar-refractivity contribution in [3.8, 4) is 0 Å². The van der Waals surface area contributed by atoms with Gasteiger partial charge in [0, 0.05) is 12.5 Å². The number of rotatable bonds is 6. The number of benzene rings is 2. The summed E-state index contributed by atoms with van der Waals surface area (Å²) < 4.78 is 5.15. The average molecular weight is 313 g/mol. The smallest absolute Gasteiger partial charge is 0.303 e. The molecule has 0 heterocycles. The average Bonchev–Trinajstić information content (AvgIpc) is 2.58. The molecule has 2 aromatic rings. The molecule has 0 unspecified atom stereocenters. The molecule has 0 saturated heterocycles. The lowest BCUT2D eigenvalue weighted by Gasteiger charge is -2.22. The normalized spacial score (nSPS) is 13.0. The molecule has 0 fully saturated rings. The fourth-order valence-corrected chi connectivity index (χ4v) is 2.23. The third-order valence-electron chi connectivity index (χ3n) is 3.33. The number of carbonyl (C=O) groups is 2. The molecule has 0 saturated carbocycles. The Morgan fingerprint density at radius 1 is 1.00 bits per heavy atom. The Bertz CT molecular complexity index is 643. The van der Waals surface area contributed by atoms with Gasteiger partial charge in [0.1, 0.15) is 0 Å². The van der Waals surface area contributed by atoms with Gasteiger partial charge in [-0.2, -0.15) is 0 Å². The Kier molecular flexibility index (Phi) is 5.88. The maximum Gasteiger partial charge on any atom is 0.303 e. The molecule has 5 heteroatoms. The Balaban J connectivity index is 2.18. The van der Waals surface area contributed by atoms with Gasteiger partial charge in [0.05, 0.1) is 12.6 Å². The van der Waals surface area contributed by atoms with Gasteiger partial charge in [-0.05, 0) is 5.56 Å². The molecule has 23 heavy (non-hydrogen) atoms. The van der Waals surface area contributed by atoms with E-state index in [1.807, 2.05) is 36.4 Å². The maximum atomic E-state index is 12.5. The van der Waals surface area contributed by atoms with Gasteiger partial charge in [-0.15, -0.1) is 0 Å². The van der Waals surface area contributed by atoms with Crippen LogP contribution in [0.2, 0.25) is 0 Å². The van der Waals surface area contributed by atoms with E-state index >= 15 is 0 Å². The van der Waals surface area contributed by atoms with Crippen molar-refractivity contribution >= 4 is 11.9 Å². The number of esters is 1. The quantitative estimate of drug-likeness (QED) is 0.801. The minimum absolute atomic E-state index is 0.253. The van der Waals surface area contributed by atoms with Crippen molar-refractivity contribution in [1.29, 1.82) is 0 Å². The first-order chi connectivity index (χ1) is 11.1. The summed E-state index contributed by atoms with van der Waals surface area (Å²) in [6.07, 6.45) is -1.05. The Hall–Kier alpha value is -2.66. The van der Waals surface area contributed by atoms with Crippen molar-refractivity contribution in [2.75, 3.05) is 6.61 Å². The van der Waals surface area contributed by atoms with Crippen LogP contribution in [-0.2, 0) is 14.3 Å². The molecule has 0 radical (unpaired) electrons. The highest BCUT2D eigenvalue weighted by Crippen LogP contribution is 2.20. The summed E-state index contributed by atoms with van der Waals surface area (Å²) in [5.41, 5.74) is 1.35. The monoisotopic (exact) mass is 313 g/mol. The topological polar surface area (TPSA) is 75.6 Å². The number of hydrogen-bond donors (Lipinski definition) is 2. The largest absolute Gasteiger partial charge is 0.447 e. The molecule has 5 nitrogen and oxygen atoms in total. The van der Waals surface area contributed by atoms with E-state index in [9.17, 15) is 14.7 Å². The standard InChI is InChI=1S/C18H19NO4/c1-13(21)23-17(15-10-6-3-7-11-15)18(22)19-16(12-20)14-8-4-2-5-9-14/h2-11,16-17,20H,12H2,1H3,(H,19,22)/t16-,17-/m0/s1. The molecule has 2 atom stereocenters. The van der Waals surface area contributed by atoms with Gasteiger partial charge in [-0.25, -0.2) is 0 Å². The predicted octanol–water partition coefficient (Wildman–Crippen LogP) is 2.14. The predicted molar refractivity (Wildman–Crippen MR) is 85.4 cm³/mol. The highest BCUT2D eigenvalue weighted by atomic mass is 16.5. The van der Waals surface area contributed by atoms with Gasteiger partial charge >= 0.3 is 5.97 Å². The van der Waals surface area contributed by atoms with Gasteiger partial charge in [0.2, 0.25) is 6.10 Å². The fraction of sp³-hybridized carbons (Fsp3) is 0.222. The molecular formula is C18H19NO4.